The molecule has 1 atom stereocenters. The van der Waals surface area contributed by atoms with Crippen molar-refractivity contribution in [2.75, 3.05) is 112 Å². The van der Waals surface area contributed by atoms with Crippen LogP contribution >= 0.6 is 0 Å². The fourth-order valence-corrected chi connectivity index (χ4v) is 4.26. The van der Waals surface area contributed by atoms with Crippen LogP contribution < -0.4 is 10.6 Å². The highest BCUT2D eigenvalue weighted by molar-refractivity contribution is 5.67. The normalized spacial score (nSPS) is 15.1. The van der Waals surface area contributed by atoms with Crippen molar-refractivity contribution in [2.45, 2.75) is 31.9 Å². The predicted molar refractivity (Wildman–Crippen MR) is 159 cm³/mol. The minimum atomic E-state index is -0.866. The predicted octanol–water partition coefficient (Wildman–Crippen LogP) is 1.54. The molecule has 3 N–H and O–H groups in total. The van der Waals surface area contributed by atoms with Gasteiger partial charge in [-0.15, -0.1) is 0 Å². The Bertz CT molecular complexity index is 821. The minimum Gasteiger partial charge on any atom is -0.481 e. The van der Waals surface area contributed by atoms with Crippen LogP contribution in [0.3, 0.4) is 0 Å². The van der Waals surface area contributed by atoms with Crippen LogP contribution in [0, 0.1) is 0 Å². The lowest BCUT2D eigenvalue weighted by Crippen LogP contribution is -2.40. The molecule has 13 nitrogen and oxygen atoms in total. The average molecular weight is 614 g/mol. The lowest BCUT2D eigenvalue weighted by molar-refractivity contribution is -0.138. The van der Waals surface area contributed by atoms with Crippen molar-refractivity contribution >= 4 is 12.1 Å². The van der Waals surface area contributed by atoms with Gasteiger partial charge in [-0.25, -0.2) is 4.79 Å². The molecule has 0 aliphatic carbocycles. The van der Waals surface area contributed by atoms with Gasteiger partial charge in [0.05, 0.1) is 85.7 Å². The van der Waals surface area contributed by atoms with Gasteiger partial charge in [0.2, 0.25) is 0 Å². The first kappa shape index (κ1) is 36.8. The number of alkyl carbamates (subject to hydrolysis) is 1. The van der Waals surface area contributed by atoms with Crippen LogP contribution in [0.1, 0.15) is 24.8 Å². The lowest BCUT2D eigenvalue weighted by Gasteiger charge is -2.24. The molecular weight excluding hydrogens is 562 g/mol. The first-order chi connectivity index (χ1) is 21.1. The molecule has 1 fully saturated rings. The maximum Gasteiger partial charge on any atom is 0.407 e. The van der Waals surface area contributed by atoms with Gasteiger partial charge in [0.1, 0.15) is 6.61 Å². The van der Waals surface area contributed by atoms with Gasteiger partial charge in [-0.05, 0) is 24.9 Å². The number of hydrogen-bond acceptors (Lipinski definition) is 11. The number of benzene rings is 1. The van der Waals surface area contributed by atoms with E-state index in [2.05, 4.69) is 15.5 Å². The topological polar surface area (TPSA) is 146 Å². The highest BCUT2D eigenvalue weighted by Gasteiger charge is 2.23. The van der Waals surface area contributed by atoms with Crippen molar-refractivity contribution in [3.63, 3.8) is 0 Å². The van der Waals surface area contributed by atoms with Crippen molar-refractivity contribution < 1.29 is 47.9 Å². The summed E-state index contributed by atoms with van der Waals surface area (Å²) < 4.78 is 38.0. The quantitative estimate of drug-likeness (QED) is 0.118. The molecule has 1 aliphatic rings. The fourth-order valence-electron chi connectivity index (χ4n) is 4.26. The molecule has 1 aromatic carbocycles. The Morgan fingerprint density at radius 2 is 1.35 bits per heavy atom. The van der Waals surface area contributed by atoms with Gasteiger partial charge in [0, 0.05) is 32.2 Å². The molecule has 1 amide bonds. The van der Waals surface area contributed by atoms with E-state index in [9.17, 15) is 9.59 Å². The summed E-state index contributed by atoms with van der Waals surface area (Å²) in [6.07, 6.45) is 1.94. The molecule has 1 saturated heterocycles. The van der Waals surface area contributed by atoms with Crippen LogP contribution in [0.5, 0.6) is 0 Å². The van der Waals surface area contributed by atoms with Crippen molar-refractivity contribution in [3.8, 4) is 0 Å². The maximum atomic E-state index is 11.7. The van der Waals surface area contributed by atoms with Crippen LogP contribution in [-0.4, -0.2) is 140 Å². The van der Waals surface area contributed by atoms with Crippen molar-refractivity contribution in [2.24, 2.45) is 0 Å². The van der Waals surface area contributed by atoms with Gasteiger partial charge in [-0.1, -0.05) is 30.3 Å². The summed E-state index contributed by atoms with van der Waals surface area (Å²) in [6.45, 7) is 10.1. The molecular formula is C30H51N3O10. The molecule has 13 heteroatoms. The van der Waals surface area contributed by atoms with Gasteiger partial charge >= 0.3 is 12.1 Å². The van der Waals surface area contributed by atoms with E-state index in [0.717, 1.165) is 31.7 Å². The molecule has 1 aromatic rings. The molecule has 0 aromatic heterocycles. The van der Waals surface area contributed by atoms with Gasteiger partial charge in [0.15, 0.2) is 0 Å². The Balaban J connectivity index is 1.29. The summed E-state index contributed by atoms with van der Waals surface area (Å²) in [5.74, 6) is -0.866. The number of carboxylic acid groups (broad SMARTS) is 1. The number of likely N-dealkylation sites (tertiary alicyclic amines) is 1. The number of hydrogen-bond donors (Lipinski definition) is 3. The third-order valence-electron chi connectivity index (χ3n) is 6.50. The smallest absolute Gasteiger partial charge is 0.407 e. The highest BCUT2D eigenvalue weighted by atomic mass is 16.6. The van der Waals surface area contributed by atoms with E-state index < -0.39 is 12.1 Å². The number of nitrogens with zero attached hydrogens (tertiary/aromatic N) is 1. The Hall–Kier alpha value is -2.36. The van der Waals surface area contributed by atoms with Gasteiger partial charge in [0.25, 0.3) is 0 Å². The summed E-state index contributed by atoms with van der Waals surface area (Å²) in [6, 6.07) is 10.1. The standard InChI is InChI=1S/C30H51N3O10/c34-29(35)8-13-37-17-21-41-23-24-42-22-20-40-16-12-33-11-4-7-28(33)25-31-9-14-38-18-19-39-15-10-32-30(36)43-26-27-5-2-1-3-6-27/h1-3,5-6,28,31H,4,7-26H2,(H,32,36)(H,34,35)/t28-/m0/s1. The van der Waals surface area contributed by atoms with Crippen molar-refractivity contribution in [1.29, 1.82) is 0 Å². The van der Waals surface area contributed by atoms with Crippen molar-refractivity contribution in [3.05, 3.63) is 35.9 Å². The summed E-state index contributed by atoms with van der Waals surface area (Å²) in [5, 5.41) is 14.7. The second kappa shape index (κ2) is 26.1. The first-order valence-electron chi connectivity index (χ1n) is 15.2. The fraction of sp³-hybridized carbons (Fsp3) is 0.733. The van der Waals surface area contributed by atoms with E-state index >= 15 is 0 Å². The monoisotopic (exact) mass is 613 g/mol. The molecule has 1 heterocycles. The van der Waals surface area contributed by atoms with Gasteiger partial charge in [-0.3, -0.25) is 9.69 Å². The zero-order chi connectivity index (χ0) is 30.6. The van der Waals surface area contributed by atoms with E-state index in [1.54, 1.807) is 0 Å². The number of carbonyl (C=O) groups excluding carboxylic acids is 1. The number of carbonyl (C=O) groups is 2. The summed E-state index contributed by atoms with van der Waals surface area (Å²) >= 11 is 0. The zero-order valence-electron chi connectivity index (χ0n) is 25.4. The van der Waals surface area contributed by atoms with E-state index in [4.69, 9.17) is 38.3 Å². The second-order valence-electron chi connectivity index (χ2n) is 9.84. The van der Waals surface area contributed by atoms with Crippen LogP contribution in [0.2, 0.25) is 0 Å². The lowest BCUT2D eigenvalue weighted by atomic mass is 10.2. The Labute approximate surface area is 255 Å². The molecule has 0 bridgehead atoms. The highest BCUT2D eigenvalue weighted by Crippen LogP contribution is 2.15. The molecule has 0 radical (unpaired) electrons. The van der Waals surface area contributed by atoms with Crippen LogP contribution in [-0.2, 0) is 44.6 Å². The molecule has 246 valence electrons. The number of nitrogens with one attached hydrogen (secondary N) is 2. The number of carboxylic acids is 1. The SMILES string of the molecule is O=C(O)CCOCCOCCOCCOCCN1CCC[C@H]1CNCCOCCOCCNC(=O)OCc1ccccc1. The molecule has 43 heavy (non-hydrogen) atoms. The first-order valence-corrected chi connectivity index (χ1v) is 15.2. The number of amides is 1. The Morgan fingerprint density at radius 3 is 2.00 bits per heavy atom. The van der Waals surface area contributed by atoms with Gasteiger partial charge in [-0.2, -0.15) is 0 Å². The number of aliphatic carboxylic acids is 1. The molecule has 1 aliphatic heterocycles. The van der Waals surface area contributed by atoms with E-state index in [1.165, 1.54) is 12.8 Å². The van der Waals surface area contributed by atoms with Crippen LogP contribution in [0.4, 0.5) is 4.79 Å². The molecule has 0 unspecified atom stereocenters. The molecule has 2 rings (SSSR count). The average Bonchev–Trinajstić information content (AvgIpc) is 3.46. The third kappa shape index (κ3) is 21.1. The molecule has 0 saturated carbocycles. The Morgan fingerprint density at radius 1 is 0.767 bits per heavy atom. The summed E-state index contributed by atoms with van der Waals surface area (Å²) in [7, 11) is 0. The summed E-state index contributed by atoms with van der Waals surface area (Å²) in [4.78, 5) is 24.5. The molecule has 0 spiro atoms. The van der Waals surface area contributed by atoms with Crippen LogP contribution in [0.15, 0.2) is 30.3 Å². The third-order valence-corrected chi connectivity index (χ3v) is 6.50. The largest absolute Gasteiger partial charge is 0.481 e. The second-order valence-corrected chi connectivity index (χ2v) is 9.84. The van der Waals surface area contributed by atoms with E-state index in [1.807, 2.05) is 30.3 Å². The number of ether oxygens (including phenoxy) is 7. The zero-order valence-corrected chi connectivity index (χ0v) is 25.4. The minimum absolute atomic E-state index is 0.00520. The van der Waals surface area contributed by atoms with E-state index in [0.29, 0.717) is 85.3 Å². The van der Waals surface area contributed by atoms with E-state index in [-0.39, 0.29) is 19.6 Å². The van der Waals surface area contributed by atoms with Crippen LogP contribution in [0.25, 0.3) is 0 Å². The van der Waals surface area contributed by atoms with Gasteiger partial charge < -0.3 is 48.9 Å². The number of rotatable bonds is 28. The Kier molecular flexibility index (Phi) is 22.3. The van der Waals surface area contributed by atoms with Crippen molar-refractivity contribution in [1.82, 2.24) is 15.5 Å². The summed E-state index contributed by atoms with van der Waals surface area (Å²) in [5.41, 5.74) is 0.946. The maximum absolute atomic E-state index is 11.7.